The number of hydrogen-bond acceptors (Lipinski definition) is 3. The molecule has 7 heteroatoms. The number of amides is 1. The summed E-state index contributed by atoms with van der Waals surface area (Å²) in [6.45, 7) is 14.5. The number of hydrogen-bond donors (Lipinski definition) is 3. The number of carbonyl (C=O) groups excluding carboxylic acids is 1. The smallest absolute Gasteiger partial charge is 0.224 e. The van der Waals surface area contributed by atoms with Crippen LogP contribution in [0, 0.1) is 5.82 Å². The lowest BCUT2D eigenvalue weighted by atomic mass is 10.1. The number of nitrogens with one attached hydrogen (secondary N) is 3. The first kappa shape index (κ1) is 24.9. The highest BCUT2D eigenvalue weighted by Crippen LogP contribution is 2.06. The highest BCUT2D eigenvalue weighted by atomic mass is 19.1. The first-order chi connectivity index (χ1) is 13.8. The SMILES string of the molecule is CCNC(=NCCCN(C(C)C)C(C)C)NCCNC(=O)Cc1cccc(F)c1. The van der Waals surface area contributed by atoms with E-state index < -0.39 is 0 Å². The monoisotopic (exact) mass is 407 g/mol. The Kier molecular flexibility index (Phi) is 12.0. The molecule has 1 rings (SSSR count). The predicted octanol–water partition coefficient (Wildman–Crippen LogP) is 2.55. The van der Waals surface area contributed by atoms with Crippen molar-refractivity contribution in [3.05, 3.63) is 35.6 Å². The molecule has 6 nitrogen and oxygen atoms in total. The summed E-state index contributed by atoms with van der Waals surface area (Å²) in [6, 6.07) is 7.17. The molecule has 1 aromatic carbocycles. The predicted molar refractivity (Wildman–Crippen MR) is 119 cm³/mol. The van der Waals surface area contributed by atoms with Gasteiger partial charge < -0.3 is 16.0 Å². The average Bonchev–Trinajstić information content (AvgIpc) is 2.64. The minimum Gasteiger partial charge on any atom is -0.357 e. The van der Waals surface area contributed by atoms with Crippen LogP contribution in [-0.2, 0) is 11.2 Å². The van der Waals surface area contributed by atoms with Crippen LogP contribution < -0.4 is 16.0 Å². The topological polar surface area (TPSA) is 68.8 Å². The van der Waals surface area contributed by atoms with Gasteiger partial charge in [0, 0.05) is 44.8 Å². The fraction of sp³-hybridized carbons (Fsp3) is 0.636. The van der Waals surface area contributed by atoms with Crippen LogP contribution >= 0.6 is 0 Å². The van der Waals surface area contributed by atoms with Gasteiger partial charge in [-0.15, -0.1) is 0 Å². The zero-order valence-electron chi connectivity index (χ0n) is 18.6. The number of carbonyl (C=O) groups is 1. The van der Waals surface area contributed by atoms with Crippen LogP contribution in [0.15, 0.2) is 29.3 Å². The van der Waals surface area contributed by atoms with Crippen molar-refractivity contribution in [1.82, 2.24) is 20.9 Å². The summed E-state index contributed by atoms with van der Waals surface area (Å²) in [7, 11) is 0. The molecule has 0 unspecified atom stereocenters. The van der Waals surface area contributed by atoms with E-state index in [1.807, 2.05) is 6.92 Å². The molecule has 0 heterocycles. The Bertz CT molecular complexity index is 625. The normalized spacial score (nSPS) is 12.0. The Morgan fingerprint density at radius 3 is 2.41 bits per heavy atom. The highest BCUT2D eigenvalue weighted by Gasteiger charge is 2.12. The number of rotatable bonds is 12. The molecule has 0 fully saturated rings. The van der Waals surface area contributed by atoms with E-state index in [0.717, 1.165) is 32.0 Å². The summed E-state index contributed by atoms with van der Waals surface area (Å²) < 4.78 is 13.2. The van der Waals surface area contributed by atoms with Crippen molar-refractivity contribution in [1.29, 1.82) is 0 Å². The highest BCUT2D eigenvalue weighted by molar-refractivity contribution is 5.80. The largest absolute Gasteiger partial charge is 0.357 e. The molecule has 0 aliphatic heterocycles. The molecule has 0 aromatic heterocycles. The molecule has 1 amide bonds. The van der Waals surface area contributed by atoms with Gasteiger partial charge in [-0.25, -0.2) is 4.39 Å². The fourth-order valence-electron chi connectivity index (χ4n) is 3.18. The van der Waals surface area contributed by atoms with Crippen LogP contribution in [0.2, 0.25) is 0 Å². The Labute approximate surface area is 175 Å². The van der Waals surface area contributed by atoms with E-state index in [1.165, 1.54) is 12.1 Å². The summed E-state index contributed by atoms with van der Waals surface area (Å²) in [4.78, 5) is 19.0. The van der Waals surface area contributed by atoms with E-state index in [2.05, 4.69) is 53.5 Å². The van der Waals surface area contributed by atoms with Gasteiger partial charge in [-0.1, -0.05) is 12.1 Å². The molecular formula is C22H38FN5O. The van der Waals surface area contributed by atoms with Crippen LogP contribution in [0.4, 0.5) is 4.39 Å². The summed E-state index contributed by atoms with van der Waals surface area (Å²) in [6.07, 6.45) is 1.17. The molecule has 0 aliphatic rings. The standard InChI is InChI=1S/C22H38FN5O/c1-6-24-22(26-11-8-14-28(17(2)3)18(4)5)27-13-12-25-21(29)16-19-9-7-10-20(23)15-19/h7,9-10,15,17-18H,6,8,11-14,16H2,1-5H3,(H,25,29)(H2,24,26,27). The number of halogens is 1. The molecular weight excluding hydrogens is 369 g/mol. The molecule has 1 aromatic rings. The molecule has 3 N–H and O–H groups in total. The molecule has 164 valence electrons. The van der Waals surface area contributed by atoms with E-state index in [-0.39, 0.29) is 18.1 Å². The van der Waals surface area contributed by atoms with Crippen molar-refractivity contribution in [3.63, 3.8) is 0 Å². The van der Waals surface area contributed by atoms with Gasteiger partial charge >= 0.3 is 0 Å². The molecule has 0 radical (unpaired) electrons. The van der Waals surface area contributed by atoms with Crippen molar-refractivity contribution in [2.24, 2.45) is 4.99 Å². The van der Waals surface area contributed by atoms with Crippen LogP contribution in [-0.4, -0.2) is 61.6 Å². The summed E-state index contributed by atoms with van der Waals surface area (Å²) in [5.41, 5.74) is 0.669. The van der Waals surface area contributed by atoms with Gasteiger partial charge in [0.2, 0.25) is 5.91 Å². The summed E-state index contributed by atoms with van der Waals surface area (Å²) >= 11 is 0. The molecule has 0 saturated carbocycles. The molecule has 0 aliphatic carbocycles. The lowest BCUT2D eigenvalue weighted by Gasteiger charge is -2.30. The molecule has 0 spiro atoms. The van der Waals surface area contributed by atoms with Crippen molar-refractivity contribution in [2.75, 3.05) is 32.7 Å². The lowest BCUT2D eigenvalue weighted by Crippen LogP contribution is -2.42. The first-order valence-electron chi connectivity index (χ1n) is 10.6. The summed E-state index contributed by atoms with van der Waals surface area (Å²) in [5, 5.41) is 9.30. The maximum atomic E-state index is 13.2. The number of benzene rings is 1. The van der Waals surface area contributed by atoms with Crippen molar-refractivity contribution in [3.8, 4) is 0 Å². The Morgan fingerprint density at radius 2 is 1.79 bits per heavy atom. The molecule has 0 bridgehead atoms. The second-order valence-corrected chi connectivity index (χ2v) is 7.62. The van der Waals surface area contributed by atoms with Crippen molar-refractivity contribution >= 4 is 11.9 Å². The first-order valence-corrected chi connectivity index (χ1v) is 10.6. The minimum absolute atomic E-state index is 0.123. The average molecular weight is 408 g/mol. The maximum absolute atomic E-state index is 13.2. The van der Waals surface area contributed by atoms with Gasteiger partial charge in [-0.3, -0.25) is 14.7 Å². The van der Waals surface area contributed by atoms with Gasteiger partial charge in [0.25, 0.3) is 0 Å². The fourth-order valence-corrected chi connectivity index (χ4v) is 3.18. The molecule has 0 saturated heterocycles. The van der Waals surface area contributed by atoms with Crippen LogP contribution in [0.5, 0.6) is 0 Å². The van der Waals surface area contributed by atoms with Crippen LogP contribution in [0.3, 0.4) is 0 Å². The van der Waals surface area contributed by atoms with Gasteiger partial charge in [0.1, 0.15) is 5.82 Å². The molecule has 29 heavy (non-hydrogen) atoms. The van der Waals surface area contributed by atoms with Crippen molar-refractivity contribution < 1.29 is 9.18 Å². The van der Waals surface area contributed by atoms with Crippen LogP contribution in [0.1, 0.15) is 46.6 Å². The zero-order valence-corrected chi connectivity index (χ0v) is 18.6. The van der Waals surface area contributed by atoms with Gasteiger partial charge in [-0.05, 0) is 58.7 Å². The van der Waals surface area contributed by atoms with Crippen molar-refractivity contribution in [2.45, 2.75) is 59.5 Å². The molecule has 0 atom stereocenters. The third kappa shape index (κ3) is 10.8. The van der Waals surface area contributed by atoms with Gasteiger partial charge in [-0.2, -0.15) is 0 Å². The minimum atomic E-state index is -0.326. The second-order valence-electron chi connectivity index (χ2n) is 7.62. The van der Waals surface area contributed by atoms with Gasteiger partial charge in [0.05, 0.1) is 6.42 Å². The number of guanidine groups is 1. The van der Waals surface area contributed by atoms with E-state index in [9.17, 15) is 9.18 Å². The summed E-state index contributed by atoms with van der Waals surface area (Å²) in [5.74, 6) is 0.308. The Hall–Kier alpha value is -2.15. The van der Waals surface area contributed by atoms with E-state index >= 15 is 0 Å². The van der Waals surface area contributed by atoms with E-state index in [1.54, 1.807) is 12.1 Å². The maximum Gasteiger partial charge on any atom is 0.224 e. The van der Waals surface area contributed by atoms with Gasteiger partial charge in [0.15, 0.2) is 5.96 Å². The lowest BCUT2D eigenvalue weighted by molar-refractivity contribution is -0.120. The number of nitrogens with zero attached hydrogens (tertiary/aromatic N) is 2. The van der Waals surface area contributed by atoms with Crippen LogP contribution in [0.25, 0.3) is 0 Å². The zero-order chi connectivity index (χ0) is 21.6. The Balaban J connectivity index is 2.32. The number of aliphatic imine (C=N–C) groups is 1. The quantitative estimate of drug-likeness (QED) is 0.283. The Morgan fingerprint density at radius 1 is 1.10 bits per heavy atom. The third-order valence-electron chi connectivity index (χ3n) is 4.51. The van der Waals surface area contributed by atoms with E-state index in [0.29, 0.717) is 30.7 Å². The second kappa shape index (κ2) is 13.9. The third-order valence-corrected chi connectivity index (χ3v) is 4.51. The van der Waals surface area contributed by atoms with E-state index in [4.69, 9.17) is 0 Å².